The van der Waals surface area contributed by atoms with Crippen LogP contribution in [0.25, 0.3) is 0 Å². The first kappa shape index (κ1) is 14.2. The molecule has 0 aromatic carbocycles. The molecule has 0 unspecified atom stereocenters. The van der Waals surface area contributed by atoms with Gasteiger partial charge in [0.15, 0.2) is 15.7 Å². The maximum absolute atomic E-state index is 11.6. The van der Waals surface area contributed by atoms with Crippen molar-refractivity contribution in [2.24, 2.45) is 0 Å². The number of aromatic nitrogens is 2. The van der Waals surface area contributed by atoms with E-state index in [2.05, 4.69) is 9.97 Å². The van der Waals surface area contributed by atoms with Crippen molar-refractivity contribution in [2.75, 3.05) is 29.7 Å². The minimum atomic E-state index is -3.00. The number of anilines is 1. The zero-order valence-electron chi connectivity index (χ0n) is 11.3. The molecule has 0 aliphatic carbocycles. The van der Waals surface area contributed by atoms with Crippen LogP contribution < -0.4 is 5.06 Å². The van der Waals surface area contributed by atoms with Gasteiger partial charge in [0.05, 0.1) is 24.7 Å². The number of hydroxylamine groups is 1. The number of rotatable bonds is 3. The summed E-state index contributed by atoms with van der Waals surface area (Å²) in [6.45, 7) is 4.51. The number of hydrogen-bond donors (Lipinski definition) is 0. The second-order valence-corrected chi connectivity index (χ2v) is 6.73. The predicted octanol–water partition coefficient (Wildman–Crippen LogP) is 0.768. The first-order chi connectivity index (χ1) is 9.04. The summed E-state index contributed by atoms with van der Waals surface area (Å²) < 4.78 is 23.1. The first-order valence-corrected chi connectivity index (χ1v) is 8.34. The molecule has 0 radical (unpaired) electrons. The van der Waals surface area contributed by atoms with Crippen LogP contribution in [0, 0.1) is 0 Å². The van der Waals surface area contributed by atoms with Crippen LogP contribution in [0.15, 0.2) is 6.07 Å². The van der Waals surface area contributed by atoms with Crippen LogP contribution in [0.4, 0.5) is 5.82 Å². The molecule has 0 bridgehead atoms. The molecule has 0 N–H and O–H groups in total. The van der Waals surface area contributed by atoms with Gasteiger partial charge in [-0.15, -0.1) is 0 Å². The molecular formula is C12H19N3O3S. The highest BCUT2D eigenvalue weighted by Crippen LogP contribution is 2.16. The van der Waals surface area contributed by atoms with Crippen molar-refractivity contribution in [2.45, 2.75) is 26.7 Å². The minimum absolute atomic E-state index is 0.0653. The van der Waals surface area contributed by atoms with Gasteiger partial charge in [-0.1, -0.05) is 13.8 Å². The fraction of sp³-hybridized carbons (Fsp3) is 0.667. The third-order valence-corrected chi connectivity index (χ3v) is 4.59. The van der Waals surface area contributed by atoms with Gasteiger partial charge < -0.3 is 0 Å². The maximum Gasteiger partial charge on any atom is 0.156 e. The van der Waals surface area contributed by atoms with Gasteiger partial charge >= 0.3 is 0 Å². The molecule has 1 fully saturated rings. The Kier molecular flexibility index (Phi) is 4.36. The second kappa shape index (κ2) is 5.83. The van der Waals surface area contributed by atoms with E-state index in [9.17, 15) is 8.42 Å². The molecular weight excluding hydrogens is 266 g/mol. The highest BCUT2D eigenvalue weighted by molar-refractivity contribution is 7.91. The number of hydrogen-bond acceptors (Lipinski definition) is 6. The summed E-state index contributed by atoms with van der Waals surface area (Å²) in [5.41, 5.74) is 0.942. The summed E-state index contributed by atoms with van der Waals surface area (Å²) in [5.74, 6) is 1.57. The monoisotopic (exact) mass is 285 g/mol. The molecule has 0 spiro atoms. The van der Waals surface area contributed by atoms with Crippen molar-refractivity contribution in [1.82, 2.24) is 9.97 Å². The fourth-order valence-corrected chi connectivity index (χ4v) is 2.82. The summed E-state index contributed by atoms with van der Waals surface area (Å²) in [6.07, 6.45) is 1.56. The summed E-state index contributed by atoms with van der Waals surface area (Å²) in [6, 6.07) is 1.86. The number of nitrogens with zero attached hydrogens (tertiary/aromatic N) is 3. The fourth-order valence-electron chi connectivity index (χ4n) is 1.85. The number of sulfone groups is 1. The van der Waals surface area contributed by atoms with Crippen molar-refractivity contribution in [3.63, 3.8) is 0 Å². The number of aryl methyl sites for hydroxylation is 2. The Hall–Kier alpha value is -1.21. The molecule has 1 aromatic rings. The highest BCUT2D eigenvalue weighted by atomic mass is 32.2. The molecule has 6 nitrogen and oxygen atoms in total. The van der Waals surface area contributed by atoms with E-state index < -0.39 is 9.84 Å². The van der Waals surface area contributed by atoms with E-state index >= 15 is 0 Å². The lowest BCUT2D eigenvalue weighted by Crippen LogP contribution is -2.27. The minimum Gasteiger partial charge on any atom is -0.271 e. The van der Waals surface area contributed by atoms with Crippen LogP contribution in [-0.2, 0) is 27.5 Å². The molecule has 1 aromatic heterocycles. The SMILES string of the molecule is CCc1cc(N2CCS(=O)(=O)CCO2)nc(CC)n1. The van der Waals surface area contributed by atoms with Gasteiger partial charge in [-0.3, -0.25) is 4.84 Å². The molecule has 1 aliphatic heterocycles. The largest absolute Gasteiger partial charge is 0.271 e. The average Bonchev–Trinajstić information content (AvgIpc) is 2.59. The molecule has 1 saturated heterocycles. The molecule has 106 valence electrons. The van der Waals surface area contributed by atoms with E-state index in [0.717, 1.165) is 24.4 Å². The van der Waals surface area contributed by atoms with Crippen LogP contribution in [0.1, 0.15) is 25.4 Å². The van der Waals surface area contributed by atoms with E-state index in [1.165, 1.54) is 0 Å². The quantitative estimate of drug-likeness (QED) is 0.816. The van der Waals surface area contributed by atoms with Crippen LogP contribution in [0.5, 0.6) is 0 Å². The van der Waals surface area contributed by atoms with Crippen molar-refractivity contribution < 1.29 is 13.3 Å². The van der Waals surface area contributed by atoms with E-state index in [-0.39, 0.29) is 18.1 Å². The van der Waals surface area contributed by atoms with Crippen LogP contribution >= 0.6 is 0 Å². The van der Waals surface area contributed by atoms with Crippen molar-refractivity contribution in [3.05, 3.63) is 17.6 Å². The lowest BCUT2D eigenvalue weighted by Gasteiger charge is -2.20. The van der Waals surface area contributed by atoms with Crippen molar-refractivity contribution in [1.29, 1.82) is 0 Å². The molecule has 2 rings (SSSR count). The first-order valence-electron chi connectivity index (χ1n) is 6.51. The molecule has 19 heavy (non-hydrogen) atoms. The van der Waals surface area contributed by atoms with Gasteiger partial charge in [0.25, 0.3) is 0 Å². The molecule has 1 aliphatic rings. The molecule has 7 heteroatoms. The van der Waals surface area contributed by atoms with Crippen molar-refractivity contribution >= 4 is 15.7 Å². The normalized spacial score (nSPS) is 19.2. The highest BCUT2D eigenvalue weighted by Gasteiger charge is 2.21. The maximum atomic E-state index is 11.6. The summed E-state index contributed by atoms with van der Waals surface area (Å²) in [4.78, 5) is 14.3. The average molecular weight is 285 g/mol. The Morgan fingerprint density at radius 2 is 2.05 bits per heavy atom. The Labute approximate surface area is 113 Å². The third kappa shape index (κ3) is 3.63. The molecule has 0 atom stereocenters. The zero-order valence-corrected chi connectivity index (χ0v) is 12.1. The molecule has 0 saturated carbocycles. The summed E-state index contributed by atoms with van der Waals surface area (Å²) in [5, 5.41) is 1.57. The Morgan fingerprint density at radius 3 is 2.74 bits per heavy atom. The van der Waals surface area contributed by atoms with Gasteiger partial charge in [-0.25, -0.2) is 23.4 Å². The lowest BCUT2D eigenvalue weighted by atomic mass is 10.3. The van der Waals surface area contributed by atoms with Gasteiger partial charge in [0.1, 0.15) is 5.82 Å². The zero-order chi connectivity index (χ0) is 13.9. The standard InChI is InChI=1S/C12H19N3O3S/c1-3-10-9-12(14-11(4-2)13-10)15-5-7-19(16,17)8-6-18-15/h9H,3-8H2,1-2H3. The van der Waals surface area contributed by atoms with Crippen LogP contribution in [0.2, 0.25) is 0 Å². The summed E-state index contributed by atoms with van der Waals surface area (Å²) >= 11 is 0. The predicted molar refractivity (Wildman–Crippen MR) is 72.7 cm³/mol. The Balaban J connectivity index is 2.25. The third-order valence-electron chi connectivity index (χ3n) is 2.99. The van der Waals surface area contributed by atoms with Crippen molar-refractivity contribution in [3.8, 4) is 0 Å². The van der Waals surface area contributed by atoms with Gasteiger partial charge in [-0.05, 0) is 6.42 Å². The van der Waals surface area contributed by atoms with Gasteiger partial charge in [0.2, 0.25) is 0 Å². The second-order valence-electron chi connectivity index (χ2n) is 4.43. The van der Waals surface area contributed by atoms with E-state index in [4.69, 9.17) is 4.84 Å². The molecule has 0 amide bonds. The smallest absolute Gasteiger partial charge is 0.156 e. The Morgan fingerprint density at radius 1 is 1.26 bits per heavy atom. The van der Waals surface area contributed by atoms with E-state index in [1.54, 1.807) is 5.06 Å². The van der Waals surface area contributed by atoms with Crippen LogP contribution in [0.3, 0.4) is 0 Å². The molecule has 2 heterocycles. The lowest BCUT2D eigenvalue weighted by molar-refractivity contribution is 0.126. The topological polar surface area (TPSA) is 72.4 Å². The van der Waals surface area contributed by atoms with Crippen LogP contribution in [-0.4, -0.2) is 43.0 Å². The van der Waals surface area contributed by atoms with E-state index in [0.29, 0.717) is 12.4 Å². The van der Waals surface area contributed by atoms with Gasteiger partial charge in [0, 0.05) is 18.2 Å². The van der Waals surface area contributed by atoms with E-state index in [1.807, 2.05) is 19.9 Å². The Bertz CT molecular complexity index is 523. The van der Waals surface area contributed by atoms with Gasteiger partial charge in [-0.2, -0.15) is 0 Å². The summed E-state index contributed by atoms with van der Waals surface area (Å²) in [7, 11) is -3.00.